The Labute approximate surface area is 121 Å². The zero-order chi connectivity index (χ0) is 14.7. The molecule has 0 unspecified atom stereocenters. The molecule has 0 bridgehead atoms. The first-order chi connectivity index (χ1) is 9.49. The number of hydrogen-bond donors (Lipinski definition) is 1. The summed E-state index contributed by atoms with van der Waals surface area (Å²) in [6.45, 7) is 3.90. The van der Waals surface area contributed by atoms with Crippen molar-refractivity contribution < 1.29 is 4.39 Å². The van der Waals surface area contributed by atoms with E-state index in [0.717, 1.165) is 6.07 Å². The number of aromatic nitrogens is 2. The van der Waals surface area contributed by atoms with Gasteiger partial charge in [0.25, 0.3) is 0 Å². The molecule has 0 atom stereocenters. The molecular formula is C14H12ClFN4. The van der Waals surface area contributed by atoms with Gasteiger partial charge >= 0.3 is 0 Å². The van der Waals surface area contributed by atoms with Crippen LogP contribution in [0.3, 0.4) is 0 Å². The van der Waals surface area contributed by atoms with Gasteiger partial charge in [-0.2, -0.15) is 5.26 Å². The zero-order valence-corrected chi connectivity index (χ0v) is 11.7. The molecule has 0 aliphatic rings. The number of nitrogens with zero attached hydrogens (tertiary/aromatic N) is 3. The normalized spacial score (nSPS) is 10.4. The summed E-state index contributed by atoms with van der Waals surface area (Å²) in [4.78, 5) is 8.44. The highest BCUT2D eigenvalue weighted by Gasteiger charge is 2.09. The summed E-state index contributed by atoms with van der Waals surface area (Å²) >= 11 is 5.94. The van der Waals surface area contributed by atoms with Crippen molar-refractivity contribution in [3.8, 4) is 6.07 Å². The lowest BCUT2D eigenvalue weighted by atomic mass is 10.2. The quantitative estimate of drug-likeness (QED) is 0.868. The largest absolute Gasteiger partial charge is 0.339 e. The second-order valence-corrected chi connectivity index (χ2v) is 4.90. The van der Waals surface area contributed by atoms with Crippen molar-refractivity contribution in [1.82, 2.24) is 9.97 Å². The maximum absolute atomic E-state index is 13.1. The minimum absolute atomic E-state index is 0.123. The molecule has 102 valence electrons. The summed E-state index contributed by atoms with van der Waals surface area (Å²) in [7, 11) is 0. The molecule has 0 radical (unpaired) electrons. The number of hydrogen-bond acceptors (Lipinski definition) is 4. The Kier molecular flexibility index (Phi) is 4.16. The second-order valence-electron chi connectivity index (χ2n) is 4.52. The van der Waals surface area contributed by atoms with Crippen LogP contribution in [-0.4, -0.2) is 9.97 Å². The minimum Gasteiger partial charge on any atom is -0.339 e. The number of benzene rings is 1. The zero-order valence-electron chi connectivity index (χ0n) is 11.0. The molecule has 1 aromatic carbocycles. The Balaban J connectivity index is 2.38. The Morgan fingerprint density at radius 2 is 2.05 bits per heavy atom. The average Bonchev–Trinajstić information content (AvgIpc) is 2.40. The van der Waals surface area contributed by atoms with Gasteiger partial charge in [0.2, 0.25) is 0 Å². The van der Waals surface area contributed by atoms with Crippen LogP contribution in [0.2, 0.25) is 5.15 Å². The summed E-state index contributed by atoms with van der Waals surface area (Å²) in [6, 6.07) is 7.40. The first kappa shape index (κ1) is 14.2. The highest BCUT2D eigenvalue weighted by atomic mass is 35.5. The van der Waals surface area contributed by atoms with Crippen molar-refractivity contribution in [3.63, 3.8) is 0 Å². The molecule has 1 heterocycles. The van der Waals surface area contributed by atoms with Gasteiger partial charge < -0.3 is 5.32 Å². The van der Waals surface area contributed by atoms with E-state index >= 15 is 0 Å². The predicted molar refractivity (Wildman–Crippen MR) is 75.5 cm³/mol. The van der Waals surface area contributed by atoms with Crippen LogP contribution in [0.1, 0.15) is 31.2 Å². The molecule has 1 N–H and O–H groups in total. The molecule has 4 nitrogen and oxygen atoms in total. The molecule has 1 aromatic heterocycles. The van der Waals surface area contributed by atoms with E-state index in [4.69, 9.17) is 16.9 Å². The molecule has 0 amide bonds. The molecule has 0 saturated carbocycles. The van der Waals surface area contributed by atoms with Gasteiger partial charge in [0.15, 0.2) is 0 Å². The molecule has 6 heteroatoms. The smallest absolute Gasteiger partial charge is 0.135 e. The van der Waals surface area contributed by atoms with E-state index in [-0.39, 0.29) is 11.5 Å². The Bertz CT molecular complexity index is 679. The third-order valence-corrected chi connectivity index (χ3v) is 2.79. The molecule has 2 rings (SSSR count). The Hall–Kier alpha value is -2.19. The number of nitrogens with one attached hydrogen (secondary N) is 1. The fourth-order valence-corrected chi connectivity index (χ4v) is 1.80. The van der Waals surface area contributed by atoms with Crippen LogP contribution in [0, 0.1) is 17.1 Å². The first-order valence-corrected chi connectivity index (χ1v) is 6.38. The van der Waals surface area contributed by atoms with Gasteiger partial charge in [-0.25, -0.2) is 14.4 Å². The Morgan fingerprint density at radius 1 is 1.30 bits per heavy atom. The fraction of sp³-hybridized carbons (Fsp3) is 0.214. The lowest BCUT2D eigenvalue weighted by Gasteiger charge is -2.10. The van der Waals surface area contributed by atoms with Crippen molar-refractivity contribution in [2.45, 2.75) is 19.8 Å². The van der Waals surface area contributed by atoms with Crippen molar-refractivity contribution in [2.75, 3.05) is 5.32 Å². The van der Waals surface area contributed by atoms with Gasteiger partial charge in [-0.05, 0) is 18.2 Å². The van der Waals surface area contributed by atoms with Crippen molar-refractivity contribution in [2.24, 2.45) is 0 Å². The lowest BCUT2D eigenvalue weighted by Crippen LogP contribution is -2.03. The van der Waals surface area contributed by atoms with Gasteiger partial charge in [-0.1, -0.05) is 25.4 Å². The standard InChI is InChI=1S/C14H12ClFN4/c1-8(2)14-19-12(15)6-13(20-14)18-11-4-3-10(16)5-9(11)7-17/h3-6,8H,1-2H3,(H,18,19,20). The number of nitriles is 1. The maximum Gasteiger partial charge on any atom is 0.135 e. The highest BCUT2D eigenvalue weighted by Crippen LogP contribution is 2.23. The molecule has 0 saturated heterocycles. The van der Waals surface area contributed by atoms with E-state index in [2.05, 4.69) is 15.3 Å². The van der Waals surface area contributed by atoms with Gasteiger partial charge in [-0.3, -0.25) is 0 Å². The van der Waals surface area contributed by atoms with Crippen LogP contribution in [0.25, 0.3) is 0 Å². The molecule has 2 aromatic rings. The number of halogens is 2. The van der Waals surface area contributed by atoms with Gasteiger partial charge in [0, 0.05) is 12.0 Å². The van der Waals surface area contributed by atoms with E-state index in [0.29, 0.717) is 22.5 Å². The third kappa shape index (κ3) is 3.22. The number of rotatable bonds is 3. The summed E-state index contributed by atoms with van der Waals surface area (Å²) in [5, 5.41) is 12.3. The SMILES string of the molecule is CC(C)c1nc(Cl)cc(Nc2ccc(F)cc2C#N)n1. The van der Waals surface area contributed by atoms with Crippen LogP contribution in [-0.2, 0) is 0 Å². The third-order valence-electron chi connectivity index (χ3n) is 2.59. The molecule has 0 spiro atoms. The van der Waals surface area contributed by atoms with Crippen molar-refractivity contribution in [3.05, 3.63) is 46.6 Å². The van der Waals surface area contributed by atoms with E-state index in [1.165, 1.54) is 12.1 Å². The summed E-state index contributed by atoms with van der Waals surface area (Å²) in [6.07, 6.45) is 0. The fourth-order valence-electron chi connectivity index (χ4n) is 1.61. The van der Waals surface area contributed by atoms with Crippen LogP contribution < -0.4 is 5.32 Å². The highest BCUT2D eigenvalue weighted by molar-refractivity contribution is 6.29. The molecule has 20 heavy (non-hydrogen) atoms. The topological polar surface area (TPSA) is 61.6 Å². The van der Waals surface area contributed by atoms with Crippen LogP contribution in [0.4, 0.5) is 15.9 Å². The van der Waals surface area contributed by atoms with Crippen LogP contribution in [0.15, 0.2) is 24.3 Å². The van der Waals surface area contributed by atoms with E-state index in [1.54, 1.807) is 6.07 Å². The lowest BCUT2D eigenvalue weighted by molar-refractivity contribution is 0.627. The van der Waals surface area contributed by atoms with Gasteiger partial charge in [0.05, 0.1) is 11.3 Å². The van der Waals surface area contributed by atoms with Gasteiger partial charge in [-0.15, -0.1) is 0 Å². The summed E-state index contributed by atoms with van der Waals surface area (Å²) in [5.74, 6) is 0.728. The molecular weight excluding hydrogens is 279 g/mol. The average molecular weight is 291 g/mol. The second kappa shape index (κ2) is 5.85. The van der Waals surface area contributed by atoms with Gasteiger partial charge in [0.1, 0.15) is 28.7 Å². The van der Waals surface area contributed by atoms with E-state index < -0.39 is 5.82 Å². The summed E-state index contributed by atoms with van der Waals surface area (Å²) < 4.78 is 13.1. The number of anilines is 2. The Morgan fingerprint density at radius 3 is 2.70 bits per heavy atom. The maximum atomic E-state index is 13.1. The van der Waals surface area contributed by atoms with Crippen LogP contribution in [0.5, 0.6) is 0 Å². The summed E-state index contributed by atoms with van der Waals surface area (Å²) in [5.41, 5.74) is 0.671. The van der Waals surface area contributed by atoms with E-state index in [1.807, 2.05) is 19.9 Å². The van der Waals surface area contributed by atoms with E-state index in [9.17, 15) is 4.39 Å². The molecule has 0 aliphatic heterocycles. The predicted octanol–water partition coefficient (Wildman–Crippen LogP) is 4.01. The van der Waals surface area contributed by atoms with Crippen molar-refractivity contribution >= 4 is 23.1 Å². The minimum atomic E-state index is -0.462. The monoisotopic (exact) mass is 290 g/mol. The first-order valence-electron chi connectivity index (χ1n) is 6.00. The van der Waals surface area contributed by atoms with Crippen molar-refractivity contribution in [1.29, 1.82) is 5.26 Å². The molecule has 0 fully saturated rings. The van der Waals surface area contributed by atoms with Crippen LogP contribution >= 0.6 is 11.6 Å². The molecule has 0 aliphatic carbocycles.